The number of nitrogens with zero attached hydrogens (tertiary/aromatic N) is 3. The Labute approximate surface area is 151 Å². The van der Waals surface area contributed by atoms with Crippen LogP contribution in [0.25, 0.3) is 0 Å². The quantitative estimate of drug-likeness (QED) is 0.640. The van der Waals surface area contributed by atoms with Gasteiger partial charge in [-0.3, -0.25) is 4.79 Å². The Morgan fingerprint density at radius 2 is 1.70 bits per heavy atom. The first-order valence-corrected chi connectivity index (χ1v) is 10.2. The predicted molar refractivity (Wildman–Crippen MR) is 98.5 cm³/mol. The van der Waals surface area contributed by atoms with Crippen molar-refractivity contribution in [3.63, 3.8) is 0 Å². The van der Waals surface area contributed by atoms with E-state index in [0.29, 0.717) is 44.8 Å². The van der Waals surface area contributed by atoms with Gasteiger partial charge in [0.05, 0.1) is 5.56 Å². The zero-order valence-corrected chi connectivity index (χ0v) is 16.4. The van der Waals surface area contributed by atoms with Gasteiger partial charge in [-0.25, -0.2) is 0 Å². The maximum absolute atomic E-state index is 12.6. The summed E-state index contributed by atoms with van der Waals surface area (Å²) in [5.74, 6) is -0.0325. The van der Waals surface area contributed by atoms with Gasteiger partial charge in [-0.2, -0.15) is 17.0 Å². The van der Waals surface area contributed by atoms with Crippen LogP contribution in [0.3, 0.4) is 0 Å². The van der Waals surface area contributed by atoms with Gasteiger partial charge >= 0.3 is 0 Å². The van der Waals surface area contributed by atoms with Crippen LogP contribution in [0.1, 0.15) is 24.2 Å². The minimum atomic E-state index is -3.42. The maximum Gasteiger partial charge on any atom is 0.282 e. The average Bonchev–Trinajstić information content (AvgIpc) is 2.55. The van der Waals surface area contributed by atoms with Gasteiger partial charge in [0.25, 0.3) is 16.1 Å². The molecule has 1 amide bonds. The summed E-state index contributed by atoms with van der Waals surface area (Å²) in [6.45, 7) is 6.10. The van der Waals surface area contributed by atoms with E-state index in [1.807, 2.05) is 38.1 Å². The van der Waals surface area contributed by atoms with Crippen LogP contribution in [-0.4, -0.2) is 67.1 Å². The van der Waals surface area contributed by atoms with Gasteiger partial charge in [-0.15, -0.1) is 0 Å². The van der Waals surface area contributed by atoms with Crippen molar-refractivity contribution >= 4 is 38.7 Å². The number of benzene rings is 1. The smallest absolute Gasteiger partial charge is 0.282 e. The lowest BCUT2D eigenvalue weighted by atomic mass is 10.2. The molecule has 1 fully saturated rings. The SMILES string of the molecule is CCN(CC)S(=O)(=O)N1CCN(C(=O)c2ccccc2I)CC1. The number of rotatable bonds is 5. The van der Waals surface area contributed by atoms with Crippen molar-refractivity contribution in [3.8, 4) is 0 Å². The second-order valence-electron chi connectivity index (χ2n) is 5.26. The molecule has 1 saturated heterocycles. The van der Waals surface area contributed by atoms with E-state index in [0.717, 1.165) is 3.57 Å². The van der Waals surface area contributed by atoms with E-state index in [9.17, 15) is 13.2 Å². The van der Waals surface area contributed by atoms with Crippen LogP contribution < -0.4 is 0 Å². The van der Waals surface area contributed by atoms with Gasteiger partial charge in [0, 0.05) is 42.8 Å². The maximum atomic E-state index is 12.6. The fraction of sp³-hybridized carbons (Fsp3) is 0.533. The standard InChI is InChI=1S/C15H22IN3O3S/c1-3-18(4-2)23(21,22)19-11-9-17(10-12-19)15(20)13-7-5-6-8-14(13)16/h5-8H,3-4,9-12H2,1-2H3. The zero-order chi connectivity index (χ0) is 17.0. The summed E-state index contributed by atoms with van der Waals surface area (Å²) in [7, 11) is -3.42. The third-order valence-electron chi connectivity index (χ3n) is 3.99. The molecule has 2 rings (SSSR count). The number of carbonyl (C=O) groups is 1. The van der Waals surface area contributed by atoms with Crippen LogP contribution in [0, 0.1) is 3.57 Å². The second kappa shape index (κ2) is 7.91. The van der Waals surface area contributed by atoms with Gasteiger partial charge in [0.2, 0.25) is 0 Å². The molecule has 0 bridgehead atoms. The van der Waals surface area contributed by atoms with Crippen molar-refractivity contribution in [2.75, 3.05) is 39.3 Å². The van der Waals surface area contributed by atoms with Crippen LogP contribution >= 0.6 is 22.6 Å². The van der Waals surface area contributed by atoms with Gasteiger partial charge in [-0.05, 0) is 34.7 Å². The van der Waals surface area contributed by atoms with Crippen LogP contribution in [0.4, 0.5) is 0 Å². The fourth-order valence-electron chi connectivity index (χ4n) is 2.64. The van der Waals surface area contributed by atoms with E-state index in [1.54, 1.807) is 4.90 Å². The Morgan fingerprint density at radius 1 is 1.13 bits per heavy atom. The molecule has 1 aliphatic heterocycles. The Hall–Kier alpha value is -0.710. The molecule has 8 heteroatoms. The normalized spacial score (nSPS) is 16.8. The summed E-state index contributed by atoms with van der Waals surface area (Å²) < 4.78 is 28.8. The minimum absolute atomic E-state index is 0.0325. The monoisotopic (exact) mass is 451 g/mol. The number of hydrogen-bond donors (Lipinski definition) is 0. The largest absolute Gasteiger partial charge is 0.336 e. The van der Waals surface area contributed by atoms with Gasteiger partial charge < -0.3 is 4.90 Å². The number of carbonyl (C=O) groups excluding carboxylic acids is 1. The zero-order valence-electron chi connectivity index (χ0n) is 13.4. The molecular formula is C15H22IN3O3S. The molecule has 0 atom stereocenters. The minimum Gasteiger partial charge on any atom is -0.336 e. The van der Waals surface area contributed by atoms with Gasteiger partial charge in [-0.1, -0.05) is 26.0 Å². The van der Waals surface area contributed by atoms with Crippen LogP contribution in [0.2, 0.25) is 0 Å². The molecule has 0 spiro atoms. The van der Waals surface area contributed by atoms with E-state index in [1.165, 1.54) is 8.61 Å². The molecule has 1 aromatic rings. The Balaban J connectivity index is 2.04. The molecule has 0 saturated carbocycles. The number of halogens is 1. The van der Waals surface area contributed by atoms with Crippen LogP contribution in [0.5, 0.6) is 0 Å². The molecule has 0 radical (unpaired) electrons. The van der Waals surface area contributed by atoms with Crippen molar-refractivity contribution in [3.05, 3.63) is 33.4 Å². The second-order valence-corrected chi connectivity index (χ2v) is 8.35. The molecule has 23 heavy (non-hydrogen) atoms. The van der Waals surface area contributed by atoms with E-state index in [4.69, 9.17) is 0 Å². The third-order valence-corrected chi connectivity index (χ3v) is 7.12. The van der Waals surface area contributed by atoms with Crippen molar-refractivity contribution in [2.24, 2.45) is 0 Å². The molecule has 128 valence electrons. The average molecular weight is 451 g/mol. The molecule has 0 aromatic heterocycles. The van der Waals surface area contributed by atoms with Crippen molar-refractivity contribution < 1.29 is 13.2 Å². The highest BCUT2D eigenvalue weighted by molar-refractivity contribution is 14.1. The van der Waals surface area contributed by atoms with Crippen LogP contribution in [0.15, 0.2) is 24.3 Å². The summed E-state index contributed by atoms with van der Waals surface area (Å²) in [5.41, 5.74) is 0.674. The van der Waals surface area contributed by atoms with E-state index in [-0.39, 0.29) is 5.91 Å². The molecule has 0 aliphatic carbocycles. The first-order valence-electron chi connectivity index (χ1n) is 7.70. The highest BCUT2D eigenvalue weighted by Crippen LogP contribution is 2.17. The van der Waals surface area contributed by atoms with Crippen LogP contribution in [-0.2, 0) is 10.2 Å². The summed E-state index contributed by atoms with van der Waals surface area (Å²) in [6, 6.07) is 7.45. The highest BCUT2D eigenvalue weighted by Gasteiger charge is 2.32. The lowest BCUT2D eigenvalue weighted by molar-refractivity contribution is 0.0693. The lowest BCUT2D eigenvalue weighted by Crippen LogP contribution is -2.54. The molecule has 0 unspecified atom stereocenters. The highest BCUT2D eigenvalue weighted by atomic mass is 127. The van der Waals surface area contributed by atoms with E-state index >= 15 is 0 Å². The number of hydrogen-bond acceptors (Lipinski definition) is 3. The van der Waals surface area contributed by atoms with Gasteiger partial charge in [0.15, 0.2) is 0 Å². The summed E-state index contributed by atoms with van der Waals surface area (Å²) in [4.78, 5) is 14.3. The summed E-state index contributed by atoms with van der Waals surface area (Å²) in [6.07, 6.45) is 0. The Bertz CT molecular complexity index is 654. The van der Waals surface area contributed by atoms with Crippen molar-refractivity contribution in [1.29, 1.82) is 0 Å². The van der Waals surface area contributed by atoms with E-state index < -0.39 is 10.2 Å². The topological polar surface area (TPSA) is 60.9 Å². The van der Waals surface area contributed by atoms with Crippen molar-refractivity contribution in [2.45, 2.75) is 13.8 Å². The van der Waals surface area contributed by atoms with E-state index in [2.05, 4.69) is 22.6 Å². The number of piperazine rings is 1. The molecule has 0 N–H and O–H groups in total. The first kappa shape index (κ1) is 18.6. The third kappa shape index (κ3) is 4.04. The molecule has 1 aromatic carbocycles. The molecule has 1 aliphatic rings. The van der Waals surface area contributed by atoms with Gasteiger partial charge in [0.1, 0.15) is 0 Å². The first-order chi connectivity index (χ1) is 10.9. The fourth-order valence-corrected chi connectivity index (χ4v) is 4.86. The summed E-state index contributed by atoms with van der Waals surface area (Å²) >= 11 is 2.15. The molecule has 6 nitrogen and oxygen atoms in total. The lowest BCUT2D eigenvalue weighted by Gasteiger charge is -2.36. The summed E-state index contributed by atoms with van der Waals surface area (Å²) in [5, 5.41) is 0. The number of amides is 1. The Morgan fingerprint density at radius 3 is 2.22 bits per heavy atom. The van der Waals surface area contributed by atoms with Crippen molar-refractivity contribution in [1.82, 2.24) is 13.5 Å². The predicted octanol–water partition coefficient (Wildman–Crippen LogP) is 1.64. The Kier molecular flexibility index (Phi) is 6.40. The molecule has 1 heterocycles. The molecular weight excluding hydrogens is 429 g/mol.